The molecule has 0 aromatic heterocycles. The van der Waals surface area contributed by atoms with E-state index in [2.05, 4.69) is 62.1 Å². The van der Waals surface area contributed by atoms with E-state index >= 15 is 0 Å². The van der Waals surface area contributed by atoms with Crippen LogP contribution in [0.15, 0.2) is 24.3 Å². The number of hydrogen-bond donors (Lipinski definition) is 1. The molecule has 2 heteroatoms. The van der Waals surface area contributed by atoms with Gasteiger partial charge in [0.15, 0.2) is 0 Å². The highest BCUT2D eigenvalue weighted by Crippen LogP contribution is 2.41. The van der Waals surface area contributed by atoms with Gasteiger partial charge in [0.05, 0.1) is 0 Å². The molecular formula is C17H27NS. The molecule has 1 fully saturated rings. The van der Waals surface area contributed by atoms with Crippen molar-refractivity contribution in [3.05, 3.63) is 35.4 Å². The summed E-state index contributed by atoms with van der Waals surface area (Å²) in [6.07, 6.45) is 5.10. The van der Waals surface area contributed by atoms with Crippen molar-refractivity contribution in [2.75, 3.05) is 12.3 Å². The molecular weight excluding hydrogens is 250 g/mol. The highest BCUT2D eigenvalue weighted by atomic mass is 32.2. The lowest BCUT2D eigenvalue weighted by Gasteiger charge is -2.34. The number of benzene rings is 1. The molecule has 1 saturated heterocycles. The second-order valence-corrected chi connectivity index (χ2v) is 7.59. The lowest BCUT2D eigenvalue weighted by Crippen LogP contribution is -2.47. The summed E-state index contributed by atoms with van der Waals surface area (Å²) >= 11 is 2.16. The van der Waals surface area contributed by atoms with Gasteiger partial charge in [-0.3, -0.25) is 0 Å². The molecule has 0 amide bonds. The van der Waals surface area contributed by atoms with Crippen LogP contribution in [0.3, 0.4) is 0 Å². The standard InChI is InChI=1S/C17H27NS/c1-4-11-18-16(17(3)10-5-12-19-17)13-15-8-6-14(2)7-9-15/h6-9,16,18H,4-5,10-13H2,1-3H3. The van der Waals surface area contributed by atoms with Gasteiger partial charge < -0.3 is 5.32 Å². The molecule has 1 aromatic carbocycles. The fourth-order valence-corrected chi connectivity index (χ4v) is 4.27. The van der Waals surface area contributed by atoms with Crippen LogP contribution in [0.1, 0.15) is 44.2 Å². The van der Waals surface area contributed by atoms with Gasteiger partial charge in [-0.25, -0.2) is 0 Å². The Morgan fingerprint density at radius 3 is 2.63 bits per heavy atom. The Kier molecular flexibility index (Phi) is 5.35. The fourth-order valence-electron chi connectivity index (χ4n) is 2.86. The maximum atomic E-state index is 3.79. The zero-order chi connectivity index (χ0) is 13.7. The predicted molar refractivity (Wildman–Crippen MR) is 87.1 cm³/mol. The Morgan fingerprint density at radius 2 is 2.05 bits per heavy atom. The number of hydrogen-bond acceptors (Lipinski definition) is 2. The van der Waals surface area contributed by atoms with Gasteiger partial charge in [0.1, 0.15) is 0 Å². The molecule has 1 aliphatic heterocycles. The molecule has 0 saturated carbocycles. The minimum atomic E-state index is 0.417. The maximum Gasteiger partial charge on any atom is 0.0288 e. The van der Waals surface area contributed by atoms with E-state index in [1.165, 1.54) is 36.1 Å². The average molecular weight is 277 g/mol. The van der Waals surface area contributed by atoms with Crippen LogP contribution in [0.25, 0.3) is 0 Å². The first kappa shape index (κ1) is 14.9. The normalized spacial score (nSPS) is 24.6. The molecule has 0 aliphatic carbocycles. The number of aryl methyl sites for hydroxylation is 1. The number of nitrogens with one attached hydrogen (secondary N) is 1. The van der Waals surface area contributed by atoms with Crippen LogP contribution in [-0.2, 0) is 6.42 Å². The van der Waals surface area contributed by atoms with E-state index in [9.17, 15) is 0 Å². The Hall–Kier alpha value is -0.470. The summed E-state index contributed by atoms with van der Waals surface area (Å²) in [7, 11) is 0. The first-order valence-electron chi connectivity index (χ1n) is 7.57. The molecule has 19 heavy (non-hydrogen) atoms. The second-order valence-electron chi connectivity index (χ2n) is 5.96. The van der Waals surface area contributed by atoms with Crippen LogP contribution in [0.4, 0.5) is 0 Å². The monoisotopic (exact) mass is 277 g/mol. The molecule has 1 N–H and O–H groups in total. The topological polar surface area (TPSA) is 12.0 Å². The van der Waals surface area contributed by atoms with Gasteiger partial charge >= 0.3 is 0 Å². The van der Waals surface area contributed by atoms with E-state index in [4.69, 9.17) is 0 Å². The van der Waals surface area contributed by atoms with Gasteiger partial charge in [-0.1, -0.05) is 36.8 Å². The van der Waals surface area contributed by atoms with Crippen LogP contribution in [-0.4, -0.2) is 23.1 Å². The quantitative estimate of drug-likeness (QED) is 0.836. The molecule has 0 spiro atoms. The molecule has 0 bridgehead atoms. The van der Waals surface area contributed by atoms with Gasteiger partial charge in [0, 0.05) is 10.8 Å². The zero-order valence-corrected chi connectivity index (χ0v) is 13.4. The van der Waals surface area contributed by atoms with Gasteiger partial charge in [-0.2, -0.15) is 11.8 Å². The molecule has 0 radical (unpaired) electrons. The molecule has 2 atom stereocenters. The molecule has 106 valence electrons. The SMILES string of the molecule is CCCNC(Cc1ccc(C)cc1)C1(C)CCCS1. The van der Waals surface area contributed by atoms with Crippen molar-refractivity contribution in [2.45, 2.75) is 57.2 Å². The highest BCUT2D eigenvalue weighted by Gasteiger charge is 2.37. The van der Waals surface area contributed by atoms with Gasteiger partial charge in [-0.15, -0.1) is 0 Å². The summed E-state index contributed by atoms with van der Waals surface area (Å²) in [5.74, 6) is 1.33. The van der Waals surface area contributed by atoms with Gasteiger partial charge in [0.25, 0.3) is 0 Å². The summed E-state index contributed by atoms with van der Waals surface area (Å²) in [6.45, 7) is 7.99. The summed E-state index contributed by atoms with van der Waals surface area (Å²) < 4.78 is 0.417. The third kappa shape index (κ3) is 4.00. The summed E-state index contributed by atoms with van der Waals surface area (Å²) in [4.78, 5) is 0. The molecule has 2 rings (SSSR count). The molecule has 1 heterocycles. The summed E-state index contributed by atoms with van der Waals surface area (Å²) in [5.41, 5.74) is 2.82. The van der Waals surface area contributed by atoms with Crippen molar-refractivity contribution < 1.29 is 0 Å². The summed E-state index contributed by atoms with van der Waals surface area (Å²) in [6, 6.07) is 9.65. The predicted octanol–water partition coefficient (Wildman–Crippen LogP) is 4.19. The average Bonchev–Trinajstić information content (AvgIpc) is 2.85. The second kappa shape index (κ2) is 6.81. The van der Waals surface area contributed by atoms with E-state index < -0.39 is 0 Å². The molecule has 1 aromatic rings. The van der Waals surface area contributed by atoms with Gasteiger partial charge in [-0.05, 0) is 57.4 Å². The van der Waals surface area contributed by atoms with Crippen LogP contribution in [0, 0.1) is 6.92 Å². The first-order valence-corrected chi connectivity index (χ1v) is 8.55. The van der Waals surface area contributed by atoms with E-state index in [-0.39, 0.29) is 0 Å². The van der Waals surface area contributed by atoms with Crippen LogP contribution < -0.4 is 5.32 Å². The third-order valence-electron chi connectivity index (χ3n) is 4.19. The van der Waals surface area contributed by atoms with Crippen molar-refractivity contribution in [3.63, 3.8) is 0 Å². The van der Waals surface area contributed by atoms with Crippen LogP contribution >= 0.6 is 11.8 Å². The minimum Gasteiger partial charge on any atom is -0.312 e. The fraction of sp³-hybridized carbons (Fsp3) is 0.647. The summed E-state index contributed by atoms with van der Waals surface area (Å²) in [5, 5.41) is 3.79. The van der Waals surface area contributed by atoms with Crippen LogP contribution in [0.2, 0.25) is 0 Å². The lowest BCUT2D eigenvalue weighted by molar-refractivity contribution is 0.399. The van der Waals surface area contributed by atoms with Crippen LogP contribution in [0.5, 0.6) is 0 Å². The molecule has 1 nitrogen and oxygen atoms in total. The smallest absolute Gasteiger partial charge is 0.0288 e. The van der Waals surface area contributed by atoms with Crippen molar-refractivity contribution >= 4 is 11.8 Å². The highest BCUT2D eigenvalue weighted by molar-refractivity contribution is 8.00. The van der Waals surface area contributed by atoms with Crippen molar-refractivity contribution in [2.24, 2.45) is 0 Å². The van der Waals surface area contributed by atoms with Crippen molar-refractivity contribution in [1.82, 2.24) is 5.32 Å². The first-order chi connectivity index (χ1) is 9.14. The zero-order valence-electron chi connectivity index (χ0n) is 12.5. The third-order valence-corrected chi connectivity index (χ3v) is 5.83. The van der Waals surface area contributed by atoms with E-state index in [1.807, 2.05) is 0 Å². The van der Waals surface area contributed by atoms with E-state index in [0.29, 0.717) is 10.8 Å². The van der Waals surface area contributed by atoms with Crippen molar-refractivity contribution in [1.29, 1.82) is 0 Å². The number of thioether (sulfide) groups is 1. The molecule has 1 aliphatic rings. The Morgan fingerprint density at radius 1 is 1.32 bits per heavy atom. The van der Waals surface area contributed by atoms with Gasteiger partial charge in [0.2, 0.25) is 0 Å². The van der Waals surface area contributed by atoms with E-state index in [0.717, 1.165) is 13.0 Å². The van der Waals surface area contributed by atoms with E-state index in [1.54, 1.807) is 0 Å². The Bertz CT molecular complexity index is 379. The molecule has 2 unspecified atom stereocenters. The Balaban J connectivity index is 2.06. The van der Waals surface area contributed by atoms with Crippen molar-refractivity contribution in [3.8, 4) is 0 Å². The minimum absolute atomic E-state index is 0.417. The lowest BCUT2D eigenvalue weighted by atomic mass is 9.90. The Labute approximate surface area is 122 Å². The number of rotatable bonds is 6. The maximum absolute atomic E-state index is 3.79. The largest absolute Gasteiger partial charge is 0.312 e.